The van der Waals surface area contributed by atoms with Crippen LogP contribution in [0.15, 0.2) is 77.7 Å². The first-order chi connectivity index (χ1) is 14.3. The Kier molecular flexibility index (Phi) is 6.57. The number of carbonyl (C=O) groups is 1. The first-order valence-corrected chi connectivity index (χ1v) is 11.4. The topological polar surface area (TPSA) is 75.3 Å². The molecule has 3 rings (SSSR count). The average molecular weight is 423 g/mol. The van der Waals surface area contributed by atoms with Crippen LogP contribution in [-0.2, 0) is 16.4 Å². The van der Waals surface area contributed by atoms with Gasteiger partial charge in [0.05, 0.1) is 16.6 Å². The van der Waals surface area contributed by atoms with Crippen molar-refractivity contribution in [1.82, 2.24) is 5.32 Å². The van der Waals surface area contributed by atoms with E-state index in [2.05, 4.69) is 29.1 Å². The van der Waals surface area contributed by atoms with Crippen molar-refractivity contribution in [2.45, 2.75) is 38.1 Å². The quantitative estimate of drug-likeness (QED) is 0.572. The smallest absolute Gasteiger partial charge is 0.261 e. The Morgan fingerprint density at radius 1 is 0.967 bits per heavy atom. The number of hydrogen-bond acceptors (Lipinski definition) is 3. The minimum atomic E-state index is -3.68. The highest BCUT2D eigenvalue weighted by Gasteiger charge is 2.17. The summed E-state index contributed by atoms with van der Waals surface area (Å²) < 4.78 is 27.6. The van der Waals surface area contributed by atoms with Gasteiger partial charge in [0, 0.05) is 5.56 Å². The van der Waals surface area contributed by atoms with E-state index < -0.39 is 10.0 Å². The van der Waals surface area contributed by atoms with Crippen molar-refractivity contribution in [2.24, 2.45) is 0 Å². The van der Waals surface area contributed by atoms with Gasteiger partial charge in [-0.05, 0) is 67.3 Å². The largest absolute Gasteiger partial charge is 0.346 e. The molecule has 6 heteroatoms. The average Bonchev–Trinajstić information content (AvgIpc) is 2.75. The van der Waals surface area contributed by atoms with Crippen molar-refractivity contribution in [3.8, 4) is 0 Å². The number of amides is 1. The van der Waals surface area contributed by atoms with Crippen molar-refractivity contribution in [2.75, 3.05) is 4.72 Å². The maximum atomic E-state index is 12.7. The van der Waals surface area contributed by atoms with E-state index in [0.29, 0.717) is 16.8 Å². The molecule has 0 radical (unpaired) electrons. The lowest BCUT2D eigenvalue weighted by Crippen LogP contribution is -2.26. The molecular formula is C24H26N2O3S. The van der Waals surface area contributed by atoms with Gasteiger partial charge in [-0.3, -0.25) is 9.52 Å². The predicted octanol–water partition coefficient (Wildman–Crippen LogP) is 4.85. The number of sulfonamides is 1. The summed E-state index contributed by atoms with van der Waals surface area (Å²) in [5.41, 5.74) is 3.87. The SMILES string of the molecule is CCc1ccc([C@H](C)NC(=O)c2ccc(NS(=O)(=O)c3ccccc3)c(C)c2)cc1. The highest BCUT2D eigenvalue weighted by molar-refractivity contribution is 7.92. The fourth-order valence-electron chi connectivity index (χ4n) is 3.13. The van der Waals surface area contributed by atoms with Gasteiger partial charge >= 0.3 is 0 Å². The van der Waals surface area contributed by atoms with Crippen LogP contribution in [0.5, 0.6) is 0 Å². The number of hydrogen-bond donors (Lipinski definition) is 2. The molecule has 0 heterocycles. The number of rotatable bonds is 7. The Morgan fingerprint density at radius 3 is 2.23 bits per heavy atom. The molecule has 0 fully saturated rings. The van der Waals surface area contributed by atoms with Gasteiger partial charge in [-0.15, -0.1) is 0 Å². The van der Waals surface area contributed by atoms with E-state index in [1.54, 1.807) is 43.3 Å². The van der Waals surface area contributed by atoms with E-state index in [1.165, 1.54) is 17.7 Å². The van der Waals surface area contributed by atoms with E-state index in [-0.39, 0.29) is 16.8 Å². The lowest BCUT2D eigenvalue weighted by atomic mass is 10.0. The molecule has 1 atom stereocenters. The molecule has 3 aromatic rings. The van der Waals surface area contributed by atoms with Gasteiger partial charge in [0.2, 0.25) is 0 Å². The van der Waals surface area contributed by atoms with E-state index in [9.17, 15) is 13.2 Å². The van der Waals surface area contributed by atoms with Crippen LogP contribution in [0.3, 0.4) is 0 Å². The molecule has 1 amide bonds. The van der Waals surface area contributed by atoms with E-state index >= 15 is 0 Å². The Morgan fingerprint density at radius 2 is 1.63 bits per heavy atom. The van der Waals surface area contributed by atoms with Crippen LogP contribution in [0.2, 0.25) is 0 Å². The summed E-state index contributed by atoms with van der Waals surface area (Å²) >= 11 is 0. The minimum absolute atomic E-state index is 0.139. The van der Waals surface area contributed by atoms with Gasteiger partial charge in [-0.25, -0.2) is 8.42 Å². The highest BCUT2D eigenvalue weighted by Crippen LogP contribution is 2.22. The Balaban J connectivity index is 1.71. The summed E-state index contributed by atoms with van der Waals surface area (Å²) in [6, 6.07) is 21.1. The summed E-state index contributed by atoms with van der Waals surface area (Å²) in [6.45, 7) is 5.81. The van der Waals surface area contributed by atoms with Gasteiger partial charge in [0.15, 0.2) is 0 Å². The first kappa shape index (κ1) is 21.6. The summed E-state index contributed by atoms with van der Waals surface area (Å²) in [6.07, 6.45) is 0.973. The maximum Gasteiger partial charge on any atom is 0.261 e. The Bertz CT molecular complexity index is 1120. The molecule has 0 saturated carbocycles. The van der Waals surface area contributed by atoms with Crippen molar-refractivity contribution >= 4 is 21.6 Å². The van der Waals surface area contributed by atoms with Crippen LogP contribution < -0.4 is 10.0 Å². The summed E-state index contributed by atoms with van der Waals surface area (Å²) in [7, 11) is -3.68. The predicted molar refractivity (Wildman–Crippen MR) is 120 cm³/mol. The van der Waals surface area contributed by atoms with Crippen molar-refractivity contribution in [3.63, 3.8) is 0 Å². The zero-order valence-corrected chi connectivity index (χ0v) is 18.2. The number of nitrogens with one attached hydrogen (secondary N) is 2. The van der Waals surface area contributed by atoms with Gasteiger partial charge in [0.1, 0.15) is 0 Å². The van der Waals surface area contributed by atoms with Crippen molar-refractivity contribution < 1.29 is 13.2 Å². The summed E-state index contributed by atoms with van der Waals surface area (Å²) in [4.78, 5) is 12.9. The molecule has 5 nitrogen and oxygen atoms in total. The Hall–Kier alpha value is -3.12. The molecule has 0 unspecified atom stereocenters. The van der Waals surface area contributed by atoms with Crippen LogP contribution in [0.25, 0.3) is 0 Å². The molecule has 0 aromatic heterocycles. The van der Waals surface area contributed by atoms with E-state index in [4.69, 9.17) is 0 Å². The van der Waals surface area contributed by atoms with Crippen molar-refractivity contribution in [1.29, 1.82) is 0 Å². The molecule has 0 aliphatic rings. The van der Waals surface area contributed by atoms with Crippen LogP contribution >= 0.6 is 0 Å². The molecule has 0 aliphatic heterocycles. The fraction of sp³-hybridized carbons (Fsp3) is 0.208. The summed E-state index contributed by atoms with van der Waals surface area (Å²) in [5, 5.41) is 2.99. The van der Waals surface area contributed by atoms with Crippen molar-refractivity contribution in [3.05, 3.63) is 95.1 Å². The Labute approximate surface area is 178 Å². The number of anilines is 1. The third-order valence-corrected chi connectivity index (χ3v) is 6.40. The number of benzene rings is 3. The third-order valence-electron chi connectivity index (χ3n) is 5.02. The second kappa shape index (κ2) is 9.13. The van der Waals surface area contributed by atoms with Crippen LogP contribution in [0.4, 0.5) is 5.69 Å². The molecule has 30 heavy (non-hydrogen) atoms. The molecule has 2 N–H and O–H groups in total. The standard InChI is InChI=1S/C24H26N2O3S/c1-4-19-10-12-20(13-11-19)18(3)25-24(27)21-14-15-23(17(2)16-21)26-30(28,29)22-8-6-5-7-9-22/h5-16,18,26H,4H2,1-3H3,(H,25,27)/t18-/m0/s1. The van der Waals surface area contributed by atoms with Gasteiger partial charge in [-0.2, -0.15) is 0 Å². The second-order valence-electron chi connectivity index (χ2n) is 7.24. The lowest BCUT2D eigenvalue weighted by molar-refractivity contribution is 0.0940. The first-order valence-electron chi connectivity index (χ1n) is 9.88. The van der Waals surface area contributed by atoms with E-state index in [1.807, 2.05) is 19.1 Å². The molecule has 0 bridgehead atoms. The third kappa shape index (κ3) is 5.07. The summed E-state index contributed by atoms with van der Waals surface area (Å²) in [5.74, 6) is -0.206. The van der Waals surface area contributed by atoms with Gasteiger partial charge in [0.25, 0.3) is 15.9 Å². The van der Waals surface area contributed by atoms with Crippen LogP contribution in [0.1, 0.15) is 46.9 Å². The van der Waals surface area contributed by atoms with Crippen LogP contribution in [-0.4, -0.2) is 14.3 Å². The van der Waals surface area contributed by atoms with E-state index in [0.717, 1.165) is 12.0 Å². The zero-order chi connectivity index (χ0) is 21.7. The molecule has 0 saturated heterocycles. The molecular weight excluding hydrogens is 396 g/mol. The lowest BCUT2D eigenvalue weighted by Gasteiger charge is -2.16. The number of carbonyl (C=O) groups excluding carboxylic acids is 1. The molecule has 0 aliphatic carbocycles. The van der Waals surface area contributed by atoms with Gasteiger partial charge < -0.3 is 5.32 Å². The van der Waals surface area contributed by atoms with Crippen LogP contribution in [0, 0.1) is 6.92 Å². The monoisotopic (exact) mass is 422 g/mol. The fourth-order valence-corrected chi connectivity index (χ4v) is 4.28. The number of aryl methyl sites for hydroxylation is 2. The molecule has 0 spiro atoms. The van der Waals surface area contributed by atoms with Gasteiger partial charge in [-0.1, -0.05) is 49.4 Å². The minimum Gasteiger partial charge on any atom is -0.346 e. The maximum absolute atomic E-state index is 12.7. The normalized spacial score (nSPS) is 12.2. The molecule has 3 aromatic carbocycles. The highest BCUT2D eigenvalue weighted by atomic mass is 32.2. The molecule has 156 valence electrons. The zero-order valence-electron chi connectivity index (χ0n) is 17.3. The second-order valence-corrected chi connectivity index (χ2v) is 8.92.